The quantitative estimate of drug-likeness (QED) is 0.597. The number of morpholine rings is 1. The number of quaternary nitrogens is 1. The van der Waals surface area contributed by atoms with Crippen LogP contribution in [-0.2, 0) is 14.3 Å². The van der Waals surface area contributed by atoms with Gasteiger partial charge in [0.05, 0.1) is 19.8 Å². The SMILES string of the molecule is Cc1ccc(NC(=O)C(=O)NC[C@@H](c2ccc(N(C)C)cc2)[NH+]2CCOCC2)cc1F. The first kappa shape index (κ1) is 22.7. The zero-order chi connectivity index (χ0) is 22.4. The number of amides is 2. The summed E-state index contributed by atoms with van der Waals surface area (Å²) >= 11 is 0. The zero-order valence-electron chi connectivity index (χ0n) is 18.2. The molecule has 1 aliphatic rings. The van der Waals surface area contributed by atoms with Crippen LogP contribution in [0.4, 0.5) is 15.8 Å². The number of carbonyl (C=O) groups excluding carboxylic acids is 2. The number of benzene rings is 2. The topological polar surface area (TPSA) is 75.1 Å². The van der Waals surface area contributed by atoms with Gasteiger partial charge >= 0.3 is 11.8 Å². The molecule has 8 heteroatoms. The number of aryl methyl sites for hydroxylation is 1. The van der Waals surface area contributed by atoms with Crippen molar-refractivity contribution in [2.75, 3.05) is 57.2 Å². The van der Waals surface area contributed by atoms with Crippen molar-refractivity contribution in [1.29, 1.82) is 0 Å². The third-order valence-electron chi connectivity index (χ3n) is 5.54. The number of rotatable bonds is 6. The summed E-state index contributed by atoms with van der Waals surface area (Å²) in [5.74, 6) is -2.00. The van der Waals surface area contributed by atoms with E-state index >= 15 is 0 Å². The van der Waals surface area contributed by atoms with Crippen molar-refractivity contribution in [1.82, 2.24) is 5.32 Å². The van der Waals surface area contributed by atoms with Crippen LogP contribution in [0.2, 0.25) is 0 Å². The van der Waals surface area contributed by atoms with Crippen LogP contribution in [0.1, 0.15) is 17.2 Å². The zero-order valence-corrected chi connectivity index (χ0v) is 18.2. The molecule has 2 amide bonds. The number of hydrogen-bond donors (Lipinski definition) is 3. The van der Waals surface area contributed by atoms with Gasteiger partial charge in [-0.15, -0.1) is 0 Å². The number of nitrogens with one attached hydrogen (secondary N) is 3. The van der Waals surface area contributed by atoms with E-state index in [1.807, 2.05) is 31.1 Å². The number of anilines is 2. The second-order valence-electron chi connectivity index (χ2n) is 7.94. The molecule has 0 spiro atoms. The van der Waals surface area contributed by atoms with Crippen molar-refractivity contribution in [2.45, 2.75) is 13.0 Å². The summed E-state index contributed by atoms with van der Waals surface area (Å²) in [6, 6.07) is 12.5. The summed E-state index contributed by atoms with van der Waals surface area (Å²) in [5, 5.41) is 5.19. The van der Waals surface area contributed by atoms with E-state index in [0.29, 0.717) is 25.3 Å². The van der Waals surface area contributed by atoms with Crippen molar-refractivity contribution >= 4 is 23.2 Å². The summed E-state index contributed by atoms with van der Waals surface area (Å²) < 4.78 is 19.2. The van der Waals surface area contributed by atoms with E-state index in [4.69, 9.17) is 4.74 Å². The molecule has 0 saturated carbocycles. The minimum absolute atomic E-state index is 0.00585. The molecule has 0 unspecified atom stereocenters. The molecule has 3 N–H and O–H groups in total. The lowest BCUT2D eigenvalue weighted by atomic mass is 10.0. The van der Waals surface area contributed by atoms with Crippen LogP contribution in [0.5, 0.6) is 0 Å². The van der Waals surface area contributed by atoms with Gasteiger partial charge in [-0.3, -0.25) is 9.59 Å². The maximum atomic E-state index is 13.7. The molecule has 1 atom stereocenters. The molecule has 0 bridgehead atoms. The molecule has 1 fully saturated rings. The monoisotopic (exact) mass is 429 g/mol. The third-order valence-corrected chi connectivity index (χ3v) is 5.54. The highest BCUT2D eigenvalue weighted by Gasteiger charge is 2.28. The van der Waals surface area contributed by atoms with E-state index in [-0.39, 0.29) is 11.7 Å². The lowest BCUT2D eigenvalue weighted by Gasteiger charge is -2.32. The smallest absolute Gasteiger partial charge is 0.313 e. The number of nitrogens with zero attached hydrogens (tertiary/aromatic N) is 1. The Morgan fingerprint density at radius 2 is 1.77 bits per heavy atom. The Hall–Kier alpha value is -2.97. The highest BCUT2D eigenvalue weighted by atomic mass is 19.1. The van der Waals surface area contributed by atoms with Gasteiger partial charge in [0.25, 0.3) is 0 Å². The third kappa shape index (κ3) is 6.02. The summed E-state index contributed by atoms with van der Waals surface area (Å²) in [6.07, 6.45) is 0. The molecule has 0 aromatic heterocycles. The Bertz CT molecular complexity index is 912. The van der Waals surface area contributed by atoms with Crippen LogP contribution < -0.4 is 20.4 Å². The maximum Gasteiger partial charge on any atom is 0.313 e. The number of carbonyl (C=O) groups is 2. The lowest BCUT2D eigenvalue weighted by Crippen LogP contribution is -3.15. The molecule has 0 radical (unpaired) electrons. The first-order valence-corrected chi connectivity index (χ1v) is 10.4. The van der Waals surface area contributed by atoms with Crippen LogP contribution in [0, 0.1) is 12.7 Å². The molecule has 7 nitrogen and oxygen atoms in total. The molecular formula is C23H30FN4O3+. The average molecular weight is 430 g/mol. The minimum atomic E-state index is -0.818. The second kappa shape index (κ2) is 10.4. The fourth-order valence-corrected chi connectivity index (χ4v) is 3.62. The van der Waals surface area contributed by atoms with Crippen molar-refractivity contribution in [2.24, 2.45) is 0 Å². The van der Waals surface area contributed by atoms with E-state index in [2.05, 4.69) is 22.8 Å². The Labute approximate surface area is 182 Å². The van der Waals surface area contributed by atoms with Crippen LogP contribution in [0.3, 0.4) is 0 Å². The highest BCUT2D eigenvalue weighted by Crippen LogP contribution is 2.17. The Balaban J connectivity index is 1.66. The van der Waals surface area contributed by atoms with Gasteiger partial charge < -0.3 is 25.2 Å². The number of ether oxygens (including phenoxy) is 1. The van der Waals surface area contributed by atoms with Crippen LogP contribution >= 0.6 is 0 Å². The van der Waals surface area contributed by atoms with E-state index in [1.54, 1.807) is 19.1 Å². The predicted molar refractivity (Wildman–Crippen MR) is 118 cm³/mol. The van der Waals surface area contributed by atoms with Crippen LogP contribution in [0.25, 0.3) is 0 Å². The van der Waals surface area contributed by atoms with Crippen molar-refractivity contribution in [3.8, 4) is 0 Å². The Morgan fingerprint density at radius 3 is 2.39 bits per heavy atom. The molecule has 31 heavy (non-hydrogen) atoms. The van der Waals surface area contributed by atoms with Gasteiger partial charge in [-0.2, -0.15) is 0 Å². The summed E-state index contributed by atoms with van der Waals surface area (Å²) in [7, 11) is 3.97. The molecule has 3 rings (SSSR count). The van der Waals surface area contributed by atoms with Gasteiger partial charge in [0, 0.05) is 31.0 Å². The van der Waals surface area contributed by atoms with E-state index in [0.717, 1.165) is 24.3 Å². The molecule has 0 aliphatic carbocycles. The maximum absolute atomic E-state index is 13.7. The molecular weight excluding hydrogens is 399 g/mol. The molecule has 166 valence electrons. The molecule has 1 heterocycles. The first-order chi connectivity index (χ1) is 14.8. The van der Waals surface area contributed by atoms with E-state index in [9.17, 15) is 14.0 Å². The van der Waals surface area contributed by atoms with Gasteiger partial charge in [-0.25, -0.2) is 4.39 Å². The van der Waals surface area contributed by atoms with Crippen molar-refractivity contribution < 1.29 is 23.6 Å². The van der Waals surface area contributed by atoms with Gasteiger partial charge in [-0.05, 0) is 36.8 Å². The second-order valence-corrected chi connectivity index (χ2v) is 7.94. The summed E-state index contributed by atoms with van der Waals surface area (Å²) in [4.78, 5) is 28.0. The van der Waals surface area contributed by atoms with E-state index < -0.39 is 17.6 Å². The summed E-state index contributed by atoms with van der Waals surface area (Å²) in [6.45, 7) is 4.91. The molecule has 2 aromatic rings. The molecule has 1 saturated heterocycles. The minimum Gasteiger partial charge on any atom is -0.378 e. The highest BCUT2D eigenvalue weighted by molar-refractivity contribution is 6.39. The van der Waals surface area contributed by atoms with Gasteiger partial charge in [0.1, 0.15) is 24.9 Å². The van der Waals surface area contributed by atoms with Crippen molar-refractivity contribution in [3.63, 3.8) is 0 Å². The first-order valence-electron chi connectivity index (χ1n) is 10.4. The lowest BCUT2D eigenvalue weighted by molar-refractivity contribution is -0.937. The van der Waals surface area contributed by atoms with Crippen molar-refractivity contribution in [3.05, 3.63) is 59.4 Å². The number of halogens is 1. The van der Waals surface area contributed by atoms with E-state index in [1.165, 1.54) is 11.0 Å². The summed E-state index contributed by atoms with van der Waals surface area (Å²) in [5.41, 5.74) is 2.90. The van der Waals surface area contributed by atoms with Gasteiger partial charge in [0.15, 0.2) is 0 Å². The fraction of sp³-hybridized carbons (Fsp3) is 0.391. The Morgan fingerprint density at radius 1 is 1.10 bits per heavy atom. The van der Waals surface area contributed by atoms with Gasteiger partial charge in [0.2, 0.25) is 0 Å². The standard InChI is InChI=1S/C23H29FN4O3/c1-16-4-7-18(14-20(16)24)26-23(30)22(29)25-15-21(28-10-12-31-13-11-28)17-5-8-19(9-6-17)27(2)3/h4-9,14,21H,10-13,15H2,1-3H3,(H,25,29)(H,26,30)/p+1/t21-/m0/s1. The van der Waals surface area contributed by atoms with Crippen LogP contribution in [0.15, 0.2) is 42.5 Å². The van der Waals surface area contributed by atoms with Crippen LogP contribution in [-0.4, -0.2) is 58.8 Å². The number of hydrogen-bond acceptors (Lipinski definition) is 4. The predicted octanol–water partition coefficient (Wildman–Crippen LogP) is 0.911. The average Bonchev–Trinajstić information content (AvgIpc) is 2.77. The normalized spacial score (nSPS) is 15.2. The molecule has 2 aromatic carbocycles. The Kier molecular flexibility index (Phi) is 7.59. The molecule has 1 aliphatic heterocycles. The largest absolute Gasteiger partial charge is 0.378 e. The fourth-order valence-electron chi connectivity index (χ4n) is 3.62. The van der Waals surface area contributed by atoms with Gasteiger partial charge in [-0.1, -0.05) is 18.2 Å².